The van der Waals surface area contributed by atoms with Crippen LogP contribution in [-0.2, 0) is 16.0 Å². The van der Waals surface area contributed by atoms with Gasteiger partial charge in [-0.1, -0.05) is 30.3 Å². The van der Waals surface area contributed by atoms with Crippen molar-refractivity contribution in [2.45, 2.75) is 12.6 Å². The second-order valence-corrected chi connectivity index (χ2v) is 4.35. The number of nitrogens with one attached hydrogen (secondary N) is 1. The summed E-state index contributed by atoms with van der Waals surface area (Å²) in [6.07, 6.45) is 1.49. The Hall–Kier alpha value is -1.69. The number of ether oxygens (including phenoxy) is 2. The van der Waals surface area contributed by atoms with E-state index in [1.807, 2.05) is 30.3 Å². The van der Waals surface area contributed by atoms with E-state index in [4.69, 9.17) is 13.9 Å². The monoisotopic (exact) mass is 276 g/mol. The van der Waals surface area contributed by atoms with Crippen molar-refractivity contribution >= 4 is 0 Å². The van der Waals surface area contributed by atoms with Gasteiger partial charge >= 0.3 is 0 Å². The van der Waals surface area contributed by atoms with Gasteiger partial charge in [0.15, 0.2) is 5.76 Å². The molecule has 0 spiro atoms. The summed E-state index contributed by atoms with van der Waals surface area (Å²) in [7, 11) is 3.34. The quantitative estimate of drug-likeness (QED) is 0.749. The molecule has 1 aromatic carbocycles. The van der Waals surface area contributed by atoms with E-state index in [1.165, 1.54) is 0 Å². The SMILES string of the molecule is COCCNCc1ncc(C(OC)c2ccccc2)o1. The molecule has 2 aromatic rings. The van der Waals surface area contributed by atoms with Gasteiger partial charge in [0.2, 0.25) is 5.89 Å². The Labute approximate surface area is 118 Å². The Morgan fingerprint density at radius 3 is 2.75 bits per heavy atom. The lowest BCUT2D eigenvalue weighted by atomic mass is 10.1. The van der Waals surface area contributed by atoms with Crippen molar-refractivity contribution in [3.63, 3.8) is 0 Å². The number of aromatic nitrogens is 1. The molecule has 0 radical (unpaired) electrons. The third kappa shape index (κ3) is 3.90. The van der Waals surface area contributed by atoms with Crippen LogP contribution in [0.4, 0.5) is 0 Å². The Morgan fingerprint density at radius 2 is 2.05 bits per heavy atom. The molecule has 1 atom stereocenters. The predicted molar refractivity (Wildman–Crippen MR) is 75.4 cm³/mol. The molecule has 20 heavy (non-hydrogen) atoms. The van der Waals surface area contributed by atoms with Gasteiger partial charge < -0.3 is 19.2 Å². The third-order valence-electron chi connectivity index (χ3n) is 2.93. The van der Waals surface area contributed by atoms with Crippen molar-refractivity contribution in [2.75, 3.05) is 27.4 Å². The molecule has 108 valence electrons. The molecule has 0 fully saturated rings. The zero-order chi connectivity index (χ0) is 14.2. The average molecular weight is 276 g/mol. The maximum Gasteiger partial charge on any atom is 0.208 e. The lowest BCUT2D eigenvalue weighted by Crippen LogP contribution is -2.18. The standard InChI is InChI=1S/C15H20N2O3/c1-18-9-8-16-11-14-17-10-13(20-14)15(19-2)12-6-4-3-5-7-12/h3-7,10,15-16H,8-9,11H2,1-2H3. The molecule has 0 aliphatic carbocycles. The highest BCUT2D eigenvalue weighted by Crippen LogP contribution is 2.25. The second-order valence-electron chi connectivity index (χ2n) is 4.35. The lowest BCUT2D eigenvalue weighted by Gasteiger charge is -2.12. The van der Waals surface area contributed by atoms with E-state index >= 15 is 0 Å². The lowest BCUT2D eigenvalue weighted by molar-refractivity contribution is 0.115. The van der Waals surface area contributed by atoms with E-state index in [2.05, 4.69) is 10.3 Å². The highest BCUT2D eigenvalue weighted by Gasteiger charge is 2.17. The van der Waals surface area contributed by atoms with Crippen molar-refractivity contribution in [2.24, 2.45) is 0 Å². The summed E-state index contributed by atoms with van der Waals surface area (Å²) >= 11 is 0. The van der Waals surface area contributed by atoms with Crippen molar-refractivity contribution < 1.29 is 13.9 Å². The van der Waals surface area contributed by atoms with Crippen LogP contribution in [0, 0.1) is 0 Å². The maximum atomic E-state index is 5.73. The average Bonchev–Trinajstić information content (AvgIpc) is 2.94. The molecule has 5 heteroatoms. The minimum atomic E-state index is -0.226. The molecule has 0 amide bonds. The number of benzene rings is 1. The molecule has 0 bridgehead atoms. The minimum absolute atomic E-state index is 0.226. The van der Waals surface area contributed by atoms with E-state index in [1.54, 1.807) is 20.4 Å². The second kappa shape index (κ2) is 7.79. The highest BCUT2D eigenvalue weighted by atomic mass is 16.5. The Kier molecular flexibility index (Phi) is 5.73. The summed E-state index contributed by atoms with van der Waals surface area (Å²) in [4.78, 5) is 4.26. The van der Waals surface area contributed by atoms with Gasteiger partial charge in [-0.3, -0.25) is 0 Å². The van der Waals surface area contributed by atoms with Crippen LogP contribution in [-0.4, -0.2) is 32.4 Å². The Bertz CT molecular complexity index is 499. The van der Waals surface area contributed by atoms with Gasteiger partial charge in [0.25, 0.3) is 0 Å². The Balaban J connectivity index is 1.99. The molecular formula is C15H20N2O3. The number of hydrogen-bond donors (Lipinski definition) is 1. The van der Waals surface area contributed by atoms with Crippen LogP contribution in [0.1, 0.15) is 23.3 Å². The van der Waals surface area contributed by atoms with Crippen LogP contribution < -0.4 is 5.32 Å². The van der Waals surface area contributed by atoms with Crippen LogP contribution in [0.2, 0.25) is 0 Å². The molecule has 1 heterocycles. The maximum absolute atomic E-state index is 5.73. The van der Waals surface area contributed by atoms with Gasteiger partial charge in [0.1, 0.15) is 6.10 Å². The van der Waals surface area contributed by atoms with Crippen molar-refractivity contribution in [3.05, 3.63) is 53.7 Å². The van der Waals surface area contributed by atoms with Crippen molar-refractivity contribution in [3.8, 4) is 0 Å². The van der Waals surface area contributed by atoms with Gasteiger partial charge in [-0.05, 0) is 5.56 Å². The number of hydrogen-bond acceptors (Lipinski definition) is 5. The van der Waals surface area contributed by atoms with Gasteiger partial charge in [-0.25, -0.2) is 4.98 Å². The van der Waals surface area contributed by atoms with Gasteiger partial charge in [-0.15, -0.1) is 0 Å². The molecule has 2 rings (SSSR count). The number of oxazole rings is 1. The molecule has 0 aliphatic heterocycles. The van der Waals surface area contributed by atoms with E-state index in [0.717, 1.165) is 12.1 Å². The molecule has 5 nitrogen and oxygen atoms in total. The summed E-state index contributed by atoms with van der Waals surface area (Å²) < 4.78 is 16.2. The number of rotatable bonds is 8. The van der Waals surface area contributed by atoms with Crippen LogP contribution in [0.3, 0.4) is 0 Å². The summed E-state index contributed by atoms with van der Waals surface area (Å²) in [6, 6.07) is 9.94. The van der Waals surface area contributed by atoms with E-state index < -0.39 is 0 Å². The first-order valence-corrected chi connectivity index (χ1v) is 6.57. The summed E-state index contributed by atoms with van der Waals surface area (Å²) in [6.45, 7) is 2.01. The number of nitrogens with zero attached hydrogens (tertiary/aromatic N) is 1. The molecular weight excluding hydrogens is 256 g/mol. The normalized spacial score (nSPS) is 12.5. The fourth-order valence-corrected chi connectivity index (χ4v) is 1.94. The minimum Gasteiger partial charge on any atom is -0.441 e. The largest absolute Gasteiger partial charge is 0.441 e. The van der Waals surface area contributed by atoms with E-state index in [-0.39, 0.29) is 6.10 Å². The van der Waals surface area contributed by atoms with Crippen LogP contribution in [0.5, 0.6) is 0 Å². The topological polar surface area (TPSA) is 56.5 Å². The Morgan fingerprint density at radius 1 is 1.25 bits per heavy atom. The van der Waals surface area contributed by atoms with Gasteiger partial charge in [-0.2, -0.15) is 0 Å². The molecule has 1 N–H and O–H groups in total. The summed E-state index contributed by atoms with van der Waals surface area (Å²) in [5.41, 5.74) is 1.05. The third-order valence-corrected chi connectivity index (χ3v) is 2.93. The van der Waals surface area contributed by atoms with E-state index in [0.29, 0.717) is 24.8 Å². The van der Waals surface area contributed by atoms with Crippen LogP contribution in [0.25, 0.3) is 0 Å². The molecule has 0 saturated heterocycles. The molecule has 1 unspecified atom stereocenters. The van der Waals surface area contributed by atoms with Crippen molar-refractivity contribution in [1.82, 2.24) is 10.3 Å². The van der Waals surface area contributed by atoms with Gasteiger partial charge in [0.05, 0.1) is 19.3 Å². The van der Waals surface area contributed by atoms with E-state index in [9.17, 15) is 0 Å². The first-order valence-electron chi connectivity index (χ1n) is 6.57. The van der Waals surface area contributed by atoms with Gasteiger partial charge in [0, 0.05) is 20.8 Å². The fourth-order valence-electron chi connectivity index (χ4n) is 1.94. The molecule has 0 saturated carbocycles. The zero-order valence-corrected chi connectivity index (χ0v) is 11.8. The number of methoxy groups -OCH3 is 2. The highest BCUT2D eigenvalue weighted by molar-refractivity contribution is 5.23. The molecule has 0 aliphatic rings. The first kappa shape index (κ1) is 14.7. The van der Waals surface area contributed by atoms with Crippen LogP contribution >= 0.6 is 0 Å². The summed E-state index contributed by atoms with van der Waals surface area (Å²) in [5.74, 6) is 1.36. The predicted octanol–water partition coefficient (Wildman–Crippen LogP) is 2.15. The summed E-state index contributed by atoms with van der Waals surface area (Å²) in [5, 5.41) is 3.19. The fraction of sp³-hybridized carbons (Fsp3) is 0.400. The van der Waals surface area contributed by atoms with Crippen LogP contribution in [0.15, 0.2) is 40.9 Å². The first-order chi connectivity index (χ1) is 9.85. The molecule has 1 aromatic heterocycles. The smallest absolute Gasteiger partial charge is 0.208 e. The zero-order valence-electron chi connectivity index (χ0n) is 11.8. The van der Waals surface area contributed by atoms with Crippen molar-refractivity contribution in [1.29, 1.82) is 0 Å².